The topological polar surface area (TPSA) is 55.1 Å². The predicted molar refractivity (Wildman–Crippen MR) is 75.2 cm³/mol. The van der Waals surface area contributed by atoms with Crippen molar-refractivity contribution in [1.82, 2.24) is 5.32 Å². The average Bonchev–Trinajstić information content (AvgIpc) is 2.36. The van der Waals surface area contributed by atoms with Crippen LogP contribution in [0.3, 0.4) is 0 Å². The van der Waals surface area contributed by atoms with Crippen LogP contribution >= 0.6 is 11.8 Å². The van der Waals surface area contributed by atoms with E-state index in [-0.39, 0.29) is 11.9 Å². The minimum absolute atomic E-state index is 0.0424. The Kier molecular flexibility index (Phi) is 6.97. The molecule has 1 rings (SSSR count). The zero-order chi connectivity index (χ0) is 12.7. The van der Waals surface area contributed by atoms with Crippen molar-refractivity contribution in [1.29, 1.82) is 0 Å². The van der Waals surface area contributed by atoms with Crippen LogP contribution in [0.5, 0.6) is 0 Å². The van der Waals surface area contributed by atoms with Crippen LogP contribution in [0.2, 0.25) is 0 Å². The second-order valence-electron chi connectivity index (χ2n) is 5.03. The van der Waals surface area contributed by atoms with Gasteiger partial charge in [0.2, 0.25) is 5.91 Å². The summed E-state index contributed by atoms with van der Waals surface area (Å²) in [7, 11) is 0. The molecule has 1 aliphatic rings. The predicted octanol–water partition coefficient (Wildman–Crippen LogP) is 2.15. The molecule has 3 atom stereocenters. The Morgan fingerprint density at radius 3 is 2.94 bits per heavy atom. The lowest BCUT2D eigenvalue weighted by molar-refractivity contribution is -0.123. The summed E-state index contributed by atoms with van der Waals surface area (Å²) in [6.07, 6.45) is 8.86. The average molecular weight is 258 g/mol. The zero-order valence-corrected chi connectivity index (χ0v) is 11.9. The van der Waals surface area contributed by atoms with Crippen LogP contribution in [-0.2, 0) is 4.79 Å². The Morgan fingerprint density at radius 2 is 2.29 bits per heavy atom. The quantitative estimate of drug-likeness (QED) is 0.767. The molecule has 0 aromatic carbocycles. The summed E-state index contributed by atoms with van der Waals surface area (Å²) < 4.78 is 0. The Hall–Kier alpha value is -0.220. The fourth-order valence-corrected chi connectivity index (χ4v) is 2.97. The van der Waals surface area contributed by atoms with Crippen molar-refractivity contribution < 1.29 is 4.79 Å². The van der Waals surface area contributed by atoms with Crippen molar-refractivity contribution in [2.45, 2.75) is 57.5 Å². The molecule has 0 aliphatic heterocycles. The monoisotopic (exact) mass is 258 g/mol. The van der Waals surface area contributed by atoms with Gasteiger partial charge in [-0.15, -0.1) is 0 Å². The highest BCUT2D eigenvalue weighted by molar-refractivity contribution is 7.98. The van der Waals surface area contributed by atoms with Gasteiger partial charge >= 0.3 is 0 Å². The van der Waals surface area contributed by atoms with Gasteiger partial charge in [0.05, 0.1) is 6.04 Å². The maximum Gasteiger partial charge on any atom is 0.237 e. The first-order valence-corrected chi connectivity index (χ1v) is 8.11. The van der Waals surface area contributed by atoms with E-state index in [1.165, 1.54) is 19.3 Å². The third-order valence-corrected chi connectivity index (χ3v) is 4.32. The van der Waals surface area contributed by atoms with Gasteiger partial charge in [-0.25, -0.2) is 0 Å². The number of carbonyl (C=O) groups excluding carboxylic acids is 1. The van der Waals surface area contributed by atoms with Crippen molar-refractivity contribution in [3.63, 3.8) is 0 Å². The molecule has 100 valence electrons. The lowest BCUT2D eigenvalue weighted by atomic mass is 9.84. The number of hydrogen-bond donors (Lipinski definition) is 2. The number of amides is 1. The molecule has 0 aromatic heterocycles. The highest BCUT2D eigenvalue weighted by Gasteiger charge is 2.23. The standard InChI is InChI=1S/C13H26N2OS/c1-3-10-5-4-6-11(9-10)15-13(16)12(14)7-8-17-2/h10-12H,3-9,14H2,1-2H3,(H,15,16)/t10?,11?,12-/m1/s1. The summed E-state index contributed by atoms with van der Waals surface area (Å²) in [6.45, 7) is 2.24. The first kappa shape index (κ1) is 14.8. The van der Waals surface area contributed by atoms with E-state index in [4.69, 9.17) is 5.73 Å². The fourth-order valence-electron chi connectivity index (χ4n) is 2.48. The molecule has 4 heteroatoms. The van der Waals surface area contributed by atoms with Crippen LogP contribution < -0.4 is 11.1 Å². The van der Waals surface area contributed by atoms with Crippen LogP contribution in [0.15, 0.2) is 0 Å². The molecule has 2 unspecified atom stereocenters. The number of nitrogens with two attached hydrogens (primary N) is 1. The first-order chi connectivity index (χ1) is 8.17. The molecule has 0 saturated heterocycles. The second kappa shape index (κ2) is 7.98. The molecule has 1 amide bonds. The van der Waals surface area contributed by atoms with Gasteiger partial charge in [-0.3, -0.25) is 4.79 Å². The molecule has 0 bridgehead atoms. The third kappa shape index (κ3) is 5.30. The van der Waals surface area contributed by atoms with E-state index in [1.54, 1.807) is 11.8 Å². The Balaban J connectivity index is 2.29. The van der Waals surface area contributed by atoms with Crippen LogP contribution in [0.4, 0.5) is 0 Å². The fraction of sp³-hybridized carbons (Fsp3) is 0.923. The maximum atomic E-state index is 11.9. The lowest BCUT2D eigenvalue weighted by Crippen LogP contribution is -2.47. The van der Waals surface area contributed by atoms with Gasteiger partial charge in [0.15, 0.2) is 0 Å². The second-order valence-corrected chi connectivity index (χ2v) is 6.02. The Morgan fingerprint density at radius 1 is 1.53 bits per heavy atom. The molecule has 3 N–H and O–H groups in total. The lowest BCUT2D eigenvalue weighted by Gasteiger charge is -2.29. The molecule has 17 heavy (non-hydrogen) atoms. The SMILES string of the molecule is CCC1CCCC(NC(=O)[C@H](N)CCSC)C1. The van der Waals surface area contributed by atoms with E-state index in [1.807, 2.05) is 6.26 Å². The molecular formula is C13H26N2OS. The van der Waals surface area contributed by atoms with Gasteiger partial charge in [0, 0.05) is 6.04 Å². The van der Waals surface area contributed by atoms with Crippen LogP contribution in [0, 0.1) is 5.92 Å². The summed E-state index contributed by atoms with van der Waals surface area (Å²) in [4.78, 5) is 11.9. The smallest absolute Gasteiger partial charge is 0.237 e. The summed E-state index contributed by atoms with van der Waals surface area (Å²) in [6, 6.07) is 0.0333. The van der Waals surface area contributed by atoms with Crippen molar-refractivity contribution in [3.8, 4) is 0 Å². The highest BCUT2D eigenvalue weighted by Crippen LogP contribution is 2.26. The van der Waals surface area contributed by atoms with E-state index in [2.05, 4.69) is 12.2 Å². The minimum atomic E-state index is -0.329. The minimum Gasteiger partial charge on any atom is -0.352 e. The summed E-state index contributed by atoms with van der Waals surface area (Å²) in [5.74, 6) is 1.79. The summed E-state index contributed by atoms with van der Waals surface area (Å²) >= 11 is 1.74. The molecule has 3 nitrogen and oxygen atoms in total. The molecule has 0 aromatic rings. The first-order valence-electron chi connectivity index (χ1n) is 6.72. The molecule has 1 saturated carbocycles. The number of nitrogens with one attached hydrogen (secondary N) is 1. The highest BCUT2D eigenvalue weighted by atomic mass is 32.2. The molecule has 1 fully saturated rings. The van der Waals surface area contributed by atoms with Crippen molar-refractivity contribution >= 4 is 17.7 Å². The maximum absolute atomic E-state index is 11.9. The van der Waals surface area contributed by atoms with Crippen molar-refractivity contribution in [2.75, 3.05) is 12.0 Å². The third-order valence-electron chi connectivity index (χ3n) is 3.68. The number of carbonyl (C=O) groups is 1. The number of hydrogen-bond acceptors (Lipinski definition) is 3. The largest absolute Gasteiger partial charge is 0.352 e. The van der Waals surface area contributed by atoms with Gasteiger partial charge in [-0.05, 0) is 37.2 Å². The molecule has 1 aliphatic carbocycles. The Bertz CT molecular complexity index is 235. The molecule has 0 spiro atoms. The van der Waals surface area contributed by atoms with E-state index in [0.29, 0.717) is 6.04 Å². The molecular weight excluding hydrogens is 232 g/mol. The zero-order valence-electron chi connectivity index (χ0n) is 11.1. The molecule has 0 heterocycles. The van der Waals surface area contributed by atoms with Crippen molar-refractivity contribution in [2.24, 2.45) is 11.7 Å². The number of rotatable bonds is 6. The van der Waals surface area contributed by atoms with E-state index in [0.717, 1.165) is 30.9 Å². The van der Waals surface area contributed by atoms with E-state index < -0.39 is 0 Å². The normalized spacial score (nSPS) is 26.5. The van der Waals surface area contributed by atoms with E-state index >= 15 is 0 Å². The number of thioether (sulfide) groups is 1. The van der Waals surface area contributed by atoms with Crippen LogP contribution in [-0.4, -0.2) is 30.0 Å². The Labute approximate surface area is 109 Å². The van der Waals surface area contributed by atoms with Gasteiger partial charge < -0.3 is 11.1 Å². The van der Waals surface area contributed by atoms with Gasteiger partial charge in [0.25, 0.3) is 0 Å². The van der Waals surface area contributed by atoms with Gasteiger partial charge in [0.1, 0.15) is 0 Å². The summed E-state index contributed by atoms with van der Waals surface area (Å²) in [5, 5.41) is 3.12. The molecule has 0 radical (unpaired) electrons. The van der Waals surface area contributed by atoms with Gasteiger partial charge in [-0.2, -0.15) is 11.8 Å². The van der Waals surface area contributed by atoms with Gasteiger partial charge in [-0.1, -0.05) is 26.2 Å². The van der Waals surface area contributed by atoms with Crippen molar-refractivity contribution in [3.05, 3.63) is 0 Å². The summed E-state index contributed by atoms with van der Waals surface area (Å²) in [5.41, 5.74) is 5.86. The van der Waals surface area contributed by atoms with Crippen LogP contribution in [0.1, 0.15) is 45.4 Å². The van der Waals surface area contributed by atoms with Crippen LogP contribution in [0.25, 0.3) is 0 Å². The van der Waals surface area contributed by atoms with E-state index in [9.17, 15) is 4.79 Å².